The Bertz CT molecular complexity index is 1360. The van der Waals surface area contributed by atoms with E-state index in [0.717, 1.165) is 11.8 Å². The maximum atomic E-state index is 14.2. The van der Waals surface area contributed by atoms with E-state index in [9.17, 15) is 18.8 Å². The molecule has 176 valence electrons. The zero-order valence-corrected chi connectivity index (χ0v) is 19.5. The van der Waals surface area contributed by atoms with Gasteiger partial charge in [-0.15, -0.1) is 0 Å². The van der Waals surface area contributed by atoms with Gasteiger partial charge in [0.2, 0.25) is 5.91 Å². The first-order valence-corrected chi connectivity index (χ1v) is 11.5. The zero-order chi connectivity index (χ0) is 24.9. The fourth-order valence-electron chi connectivity index (χ4n) is 3.37. The third kappa shape index (κ3) is 5.30. The highest BCUT2D eigenvalue weighted by molar-refractivity contribution is 8.15. The lowest BCUT2D eigenvalue weighted by Gasteiger charge is -2.20. The Kier molecular flexibility index (Phi) is 7.07. The number of hydrogen-bond donors (Lipinski definition) is 2. The van der Waals surface area contributed by atoms with Gasteiger partial charge < -0.3 is 11.1 Å². The van der Waals surface area contributed by atoms with Gasteiger partial charge in [0.1, 0.15) is 11.5 Å². The van der Waals surface area contributed by atoms with Crippen LogP contribution in [-0.2, 0) is 9.59 Å². The third-order valence-corrected chi connectivity index (χ3v) is 6.20. The minimum Gasteiger partial charge on any atom is -0.366 e. The fourth-order valence-corrected chi connectivity index (χ4v) is 4.30. The Labute approximate surface area is 205 Å². The number of benzene rings is 3. The van der Waals surface area contributed by atoms with E-state index >= 15 is 0 Å². The van der Waals surface area contributed by atoms with E-state index < -0.39 is 28.8 Å². The van der Waals surface area contributed by atoms with E-state index in [-0.39, 0.29) is 22.0 Å². The van der Waals surface area contributed by atoms with Crippen LogP contribution in [0.4, 0.5) is 15.8 Å². The maximum Gasteiger partial charge on any atom is 0.283 e. The van der Waals surface area contributed by atoms with Crippen molar-refractivity contribution in [2.75, 3.05) is 10.2 Å². The molecule has 0 saturated carbocycles. The normalized spacial score (nSPS) is 15.1. The lowest BCUT2D eigenvalue weighted by molar-refractivity contribution is -0.115. The van der Waals surface area contributed by atoms with Crippen LogP contribution >= 0.6 is 11.8 Å². The summed E-state index contributed by atoms with van der Waals surface area (Å²) in [6.07, 6.45) is 1.38. The van der Waals surface area contributed by atoms with Crippen molar-refractivity contribution in [2.24, 2.45) is 10.7 Å². The van der Waals surface area contributed by atoms with Gasteiger partial charge in [-0.25, -0.2) is 9.38 Å². The average Bonchev–Trinajstić information content (AvgIpc) is 3.15. The molecular weight excluding hydrogens is 467 g/mol. The Balaban J connectivity index is 1.62. The molecule has 1 aliphatic heterocycles. The van der Waals surface area contributed by atoms with Gasteiger partial charge in [-0.3, -0.25) is 19.3 Å². The van der Waals surface area contributed by atoms with Gasteiger partial charge in [0.05, 0.1) is 22.2 Å². The van der Waals surface area contributed by atoms with E-state index in [0.29, 0.717) is 11.4 Å². The first kappa shape index (κ1) is 23.9. The molecule has 1 unspecified atom stereocenters. The number of nitrogens with zero attached hydrogens (tertiary/aromatic N) is 2. The topological polar surface area (TPSA) is 105 Å². The zero-order valence-electron chi connectivity index (χ0n) is 18.6. The van der Waals surface area contributed by atoms with Gasteiger partial charge in [0.25, 0.3) is 11.8 Å². The van der Waals surface area contributed by atoms with Crippen molar-refractivity contribution in [1.82, 2.24) is 0 Å². The molecule has 0 bridgehead atoms. The summed E-state index contributed by atoms with van der Waals surface area (Å²) in [4.78, 5) is 43.6. The highest BCUT2D eigenvalue weighted by atomic mass is 32.2. The third-order valence-electron chi connectivity index (χ3n) is 5.14. The number of amidine groups is 1. The number of halogens is 1. The number of rotatable bonds is 6. The van der Waals surface area contributed by atoms with Crippen molar-refractivity contribution in [3.05, 3.63) is 102 Å². The summed E-state index contributed by atoms with van der Waals surface area (Å²) in [5.41, 5.74) is 6.72. The molecule has 1 aliphatic rings. The SMILES string of the molecule is CC(SC1=N/C(=C/c2ccccc2F)C(=O)N1c1ccccc1)C(=O)Nc1ccccc1C(N)=O. The number of para-hydroxylation sites is 2. The maximum absolute atomic E-state index is 14.2. The number of nitrogens with one attached hydrogen (secondary N) is 1. The average molecular weight is 489 g/mol. The highest BCUT2D eigenvalue weighted by Gasteiger charge is 2.34. The summed E-state index contributed by atoms with van der Waals surface area (Å²) >= 11 is 1.07. The molecule has 0 radical (unpaired) electrons. The Hall–Kier alpha value is -4.24. The first-order valence-electron chi connectivity index (χ1n) is 10.7. The largest absolute Gasteiger partial charge is 0.366 e. The van der Waals surface area contributed by atoms with E-state index in [2.05, 4.69) is 10.3 Å². The fraction of sp³-hybridized carbons (Fsp3) is 0.0769. The van der Waals surface area contributed by atoms with Gasteiger partial charge >= 0.3 is 0 Å². The highest BCUT2D eigenvalue weighted by Crippen LogP contribution is 2.31. The molecule has 35 heavy (non-hydrogen) atoms. The Morgan fingerprint density at radius 2 is 1.69 bits per heavy atom. The molecule has 0 fully saturated rings. The molecule has 0 aromatic heterocycles. The number of amides is 3. The summed E-state index contributed by atoms with van der Waals surface area (Å²) in [6, 6.07) is 21.4. The number of thioether (sulfide) groups is 1. The van der Waals surface area contributed by atoms with Gasteiger partial charge in [-0.05, 0) is 43.3 Å². The molecule has 7 nitrogen and oxygen atoms in total. The summed E-state index contributed by atoms with van der Waals surface area (Å²) < 4.78 is 14.2. The minimum atomic E-state index is -0.693. The van der Waals surface area contributed by atoms with Crippen LogP contribution in [0.25, 0.3) is 6.08 Å². The Morgan fingerprint density at radius 3 is 2.40 bits per heavy atom. The van der Waals surface area contributed by atoms with Gasteiger partial charge in [0.15, 0.2) is 5.17 Å². The summed E-state index contributed by atoms with van der Waals surface area (Å²) in [7, 11) is 0. The number of carbonyl (C=O) groups is 3. The molecular formula is C26H21FN4O3S. The molecule has 1 atom stereocenters. The number of hydrogen-bond acceptors (Lipinski definition) is 5. The van der Waals surface area contributed by atoms with Crippen molar-refractivity contribution in [2.45, 2.75) is 12.2 Å². The number of aliphatic imine (C=N–C) groups is 1. The van der Waals surface area contributed by atoms with Crippen molar-refractivity contribution in [3.8, 4) is 0 Å². The smallest absolute Gasteiger partial charge is 0.283 e. The lowest BCUT2D eigenvalue weighted by atomic mass is 10.1. The van der Waals surface area contributed by atoms with Crippen LogP contribution in [0.2, 0.25) is 0 Å². The summed E-state index contributed by atoms with van der Waals surface area (Å²) in [5.74, 6) is -1.98. The van der Waals surface area contributed by atoms with E-state index in [4.69, 9.17) is 5.73 Å². The van der Waals surface area contributed by atoms with Crippen LogP contribution in [0.3, 0.4) is 0 Å². The van der Waals surface area contributed by atoms with Crippen LogP contribution < -0.4 is 16.0 Å². The number of anilines is 2. The minimum absolute atomic E-state index is 0.0492. The molecule has 0 spiro atoms. The summed E-state index contributed by atoms with van der Waals surface area (Å²) in [5, 5.41) is 2.29. The molecule has 1 heterocycles. The van der Waals surface area contributed by atoms with Gasteiger partial charge in [-0.1, -0.05) is 60.3 Å². The van der Waals surface area contributed by atoms with Crippen LogP contribution in [-0.4, -0.2) is 28.1 Å². The van der Waals surface area contributed by atoms with Crippen molar-refractivity contribution in [1.29, 1.82) is 0 Å². The van der Waals surface area contributed by atoms with Gasteiger partial charge in [0, 0.05) is 5.56 Å². The van der Waals surface area contributed by atoms with Crippen molar-refractivity contribution in [3.63, 3.8) is 0 Å². The number of carbonyl (C=O) groups excluding carboxylic acids is 3. The lowest BCUT2D eigenvalue weighted by Crippen LogP contribution is -2.33. The van der Waals surface area contributed by atoms with E-state index in [1.807, 2.05) is 6.07 Å². The predicted octanol–water partition coefficient (Wildman–Crippen LogP) is 4.43. The van der Waals surface area contributed by atoms with Crippen molar-refractivity contribution < 1.29 is 18.8 Å². The standard InChI is InChI=1S/C26H21FN4O3S/c1-16(24(33)29-21-14-8-6-12-19(21)23(28)32)35-26-30-22(15-17-9-5-7-13-20(17)27)25(34)31(26)18-10-3-2-4-11-18/h2-16H,1H3,(H2,28,32)(H,29,33)/b22-15+. The summed E-state index contributed by atoms with van der Waals surface area (Å²) in [6.45, 7) is 1.65. The molecule has 0 saturated heterocycles. The predicted molar refractivity (Wildman–Crippen MR) is 136 cm³/mol. The van der Waals surface area contributed by atoms with Crippen LogP contribution in [0.5, 0.6) is 0 Å². The first-order chi connectivity index (χ1) is 16.8. The molecule has 3 N–H and O–H groups in total. The molecule has 3 amide bonds. The van der Waals surface area contributed by atoms with Gasteiger partial charge in [-0.2, -0.15) is 0 Å². The van der Waals surface area contributed by atoms with Crippen molar-refractivity contribution >= 4 is 52.1 Å². The monoisotopic (exact) mass is 488 g/mol. The molecule has 4 rings (SSSR count). The van der Waals surface area contributed by atoms with Crippen LogP contribution in [0.15, 0.2) is 89.6 Å². The number of nitrogens with two attached hydrogens (primary N) is 1. The molecule has 0 aliphatic carbocycles. The second-order valence-electron chi connectivity index (χ2n) is 7.58. The second kappa shape index (κ2) is 10.4. The van der Waals surface area contributed by atoms with Crippen LogP contribution in [0.1, 0.15) is 22.8 Å². The second-order valence-corrected chi connectivity index (χ2v) is 8.89. The molecule has 3 aromatic carbocycles. The van der Waals surface area contributed by atoms with Crippen LogP contribution in [0, 0.1) is 5.82 Å². The van der Waals surface area contributed by atoms with E-state index in [1.54, 1.807) is 67.6 Å². The molecule has 3 aromatic rings. The quantitative estimate of drug-likeness (QED) is 0.501. The molecule has 9 heteroatoms. The van der Waals surface area contributed by atoms with E-state index in [1.165, 1.54) is 23.1 Å². The Morgan fingerprint density at radius 1 is 1.03 bits per heavy atom. The number of primary amides is 1.